The summed E-state index contributed by atoms with van der Waals surface area (Å²) in [6, 6.07) is 10.4. The van der Waals surface area contributed by atoms with Crippen LogP contribution in [0.2, 0.25) is 10.0 Å². The van der Waals surface area contributed by atoms with Gasteiger partial charge in [-0.3, -0.25) is 0 Å². The lowest BCUT2D eigenvalue weighted by molar-refractivity contribution is -0.140. The normalized spacial score (nSPS) is 16.2. The van der Waals surface area contributed by atoms with Crippen molar-refractivity contribution in [3.05, 3.63) is 75.0 Å². The maximum absolute atomic E-state index is 13.4. The lowest BCUT2D eigenvalue weighted by atomic mass is 9.93. The van der Waals surface area contributed by atoms with Gasteiger partial charge in [-0.2, -0.15) is 0 Å². The molecule has 2 aromatic rings. The molecule has 7 nitrogen and oxygen atoms in total. The molecule has 1 unspecified atom stereocenters. The molecule has 2 aromatic carbocycles. The molecule has 0 aromatic heterocycles. The van der Waals surface area contributed by atoms with Crippen molar-refractivity contribution < 1.29 is 19.0 Å². The minimum absolute atomic E-state index is 0. The molecule has 2 heterocycles. The van der Waals surface area contributed by atoms with Crippen LogP contribution in [0, 0.1) is 0 Å². The number of benzene rings is 2. The van der Waals surface area contributed by atoms with E-state index in [-0.39, 0.29) is 31.4 Å². The van der Waals surface area contributed by atoms with Gasteiger partial charge in [-0.05, 0) is 51.0 Å². The summed E-state index contributed by atoms with van der Waals surface area (Å²) in [6.45, 7) is 2.67. The number of ether oxygens (including phenoxy) is 3. The lowest BCUT2D eigenvalue weighted by Crippen LogP contribution is -2.35. The van der Waals surface area contributed by atoms with Crippen LogP contribution in [0.15, 0.2) is 58.9 Å². The zero-order valence-electron chi connectivity index (χ0n) is 21.5. The number of amidine groups is 1. The highest BCUT2D eigenvalue weighted by atomic mass is 35.5. The van der Waals surface area contributed by atoms with Crippen molar-refractivity contribution in [3.8, 4) is 11.5 Å². The highest BCUT2D eigenvalue weighted by Crippen LogP contribution is 2.51. The van der Waals surface area contributed by atoms with Gasteiger partial charge in [0, 0.05) is 28.8 Å². The molecule has 0 N–H and O–H groups in total. The minimum Gasteiger partial charge on any atom is -0.493 e. The van der Waals surface area contributed by atoms with Crippen molar-refractivity contribution in [2.75, 3.05) is 41.5 Å². The van der Waals surface area contributed by atoms with Gasteiger partial charge in [0.05, 0.1) is 41.6 Å². The number of rotatable bonds is 8. The van der Waals surface area contributed by atoms with Crippen molar-refractivity contribution in [3.63, 3.8) is 0 Å². The van der Waals surface area contributed by atoms with Crippen LogP contribution in [-0.4, -0.2) is 62.4 Å². The van der Waals surface area contributed by atoms with Gasteiger partial charge in [-0.1, -0.05) is 41.4 Å². The van der Waals surface area contributed by atoms with E-state index in [0.717, 1.165) is 10.5 Å². The molecule has 0 amide bonds. The number of esters is 1. The molecule has 206 valence electrons. The zero-order chi connectivity index (χ0) is 26.0. The van der Waals surface area contributed by atoms with Gasteiger partial charge in [0.2, 0.25) is 0 Å². The first kappa shape index (κ1) is 32.1. The summed E-state index contributed by atoms with van der Waals surface area (Å²) in [5.41, 5.74) is 2.45. The fourth-order valence-corrected chi connectivity index (χ4v) is 5.95. The van der Waals surface area contributed by atoms with Crippen LogP contribution in [0.3, 0.4) is 0 Å². The molecule has 0 aliphatic carbocycles. The molecule has 0 spiro atoms. The van der Waals surface area contributed by atoms with Crippen molar-refractivity contribution in [2.24, 2.45) is 4.99 Å². The van der Waals surface area contributed by atoms with Gasteiger partial charge in [0.1, 0.15) is 6.61 Å². The third-order valence-electron chi connectivity index (χ3n) is 5.81. The first-order chi connectivity index (χ1) is 17.3. The quantitative estimate of drug-likeness (QED) is 0.305. The van der Waals surface area contributed by atoms with Crippen molar-refractivity contribution >= 4 is 75.8 Å². The summed E-state index contributed by atoms with van der Waals surface area (Å²) >= 11 is 14.5. The number of methoxy groups -OCH3 is 2. The van der Waals surface area contributed by atoms with E-state index in [0.29, 0.717) is 50.1 Å². The van der Waals surface area contributed by atoms with Crippen LogP contribution in [0.4, 0.5) is 0 Å². The summed E-state index contributed by atoms with van der Waals surface area (Å²) < 4.78 is 17.0. The van der Waals surface area contributed by atoms with Crippen molar-refractivity contribution in [1.82, 2.24) is 9.80 Å². The maximum atomic E-state index is 13.4. The molecule has 4 rings (SSSR count). The predicted octanol–water partition coefficient (Wildman–Crippen LogP) is 6.69. The molecule has 12 heteroatoms. The van der Waals surface area contributed by atoms with E-state index in [2.05, 4.69) is 0 Å². The second kappa shape index (κ2) is 13.8. The van der Waals surface area contributed by atoms with E-state index in [1.165, 1.54) is 11.8 Å². The van der Waals surface area contributed by atoms with E-state index in [1.54, 1.807) is 32.4 Å². The summed E-state index contributed by atoms with van der Waals surface area (Å²) in [7, 11) is 7.00. The van der Waals surface area contributed by atoms with Crippen LogP contribution in [0.1, 0.15) is 24.1 Å². The molecule has 0 bridgehead atoms. The van der Waals surface area contributed by atoms with E-state index in [1.807, 2.05) is 55.2 Å². The Labute approximate surface area is 249 Å². The van der Waals surface area contributed by atoms with E-state index < -0.39 is 12.0 Å². The number of carbonyl (C=O) groups is 1. The highest BCUT2D eigenvalue weighted by Gasteiger charge is 2.41. The van der Waals surface area contributed by atoms with Crippen LogP contribution in [-0.2, 0) is 9.53 Å². The van der Waals surface area contributed by atoms with Gasteiger partial charge < -0.3 is 24.0 Å². The van der Waals surface area contributed by atoms with E-state index >= 15 is 0 Å². The Morgan fingerprint density at radius 3 is 2.34 bits per heavy atom. The number of hydrogen-bond acceptors (Lipinski definition) is 8. The standard InChI is InChI=1S/C26H27Cl2N3O4S.2ClH/c1-15-21(25(32)35-13-12-30(2)3)23(16-8-6-11-19(33-4)24(16)34-5)31-14-20(36-26(31)29-15)22-17(27)9-7-10-18(22)28;;/h6-11,14,23H,12-13H2,1-5H3;2*1H. The van der Waals surface area contributed by atoms with Crippen LogP contribution in [0.5, 0.6) is 11.5 Å². The number of carbonyl (C=O) groups excluding carboxylic acids is 1. The van der Waals surface area contributed by atoms with E-state index in [4.69, 9.17) is 42.4 Å². The molecule has 2 aliphatic rings. The Bertz CT molecular complexity index is 1260. The summed E-state index contributed by atoms with van der Waals surface area (Å²) in [5, 5.41) is 1.76. The number of fused-ring (bicyclic) bond motifs is 1. The highest BCUT2D eigenvalue weighted by molar-refractivity contribution is 8.22. The Morgan fingerprint density at radius 2 is 1.74 bits per heavy atom. The molecule has 0 fully saturated rings. The van der Waals surface area contributed by atoms with Gasteiger partial charge >= 0.3 is 5.97 Å². The number of nitrogens with zero attached hydrogens (tertiary/aromatic N) is 3. The third kappa shape index (κ3) is 6.38. The molecular weight excluding hydrogens is 592 g/mol. The smallest absolute Gasteiger partial charge is 0.338 e. The monoisotopic (exact) mass is 619 g/mol. The predicted molar refractivity (Wildman–Crippen MR) is 160 cm³/mol. The fraction of sp³-hybridized carbons (Fsp3) is 0.308. The fourth-order valence-electron chi connectivity index (χ4n) is 4.10. The Balaban J connectivity index is 0.00000253. The number of likely N-dealkylation sites (N-methyl/N-ethyl adjacent to an activating group) is 1. The van der Waals surface area contributed by atoms with Gasteiger partial charge in [0.25, 0.3) is 0 Å². The zero-order valence-corrected chi connectivity index (χ0v) is 25.4. The third-order valence-corrected chi connectivity index (χ3v) is 7.46. The number of allylic oxidation sites excluding steroid dienone is 1. The topological polar surface area (TPSA) is 63.6 Å². The van der Waals surface area contributed by atoms with Crippen LogP contribution >= 0.6 is 59.8 Å². The summed E-state index contributed by atoms with van der Waals surface area (Å²) in [4.78, 5) is 22.9. The lowest BCUT2D eigenvalue weighted by Gasteiger charge is -2.34. The first-order valence-corrected chi connectivity index (χ1v) is 12.8. The second-order valence-electron chi connectivity index (χ2n) is 8.42. The maximum Gasteiger partial charge on any atom is 0.338 e. The minimum atomic E-state index is -0.569. The first-order valence-electron chi connectivity index (χ1n) is 11.2. The molecule has 2 aliphatic heterocycles. The van der Waals surface area contributed by atoms with Gasteiger partial charge in [-0.25, -0.2) is 9.79 Å². The number of aliphatic imine (C=N–C) groups is 1. The molecule has 1 atom stereocenters. The Morgan fingerprint density at radius 1 is 1.08 bits per heavy atom. The number of thioether (sulfide) groups is 1. The Kier molecular flexibility index (Phi) is 11.7. The number of halogens is 4. The van der Waals surface area contributed by atoms with Crippen LogP contribution in [0.25, 0.3) is 4.91 Å². The molecule has 38 heavy (non-hydrogen) atoms. The van der Waals surface area contributed by atoms with Crippen LogP contribution < -0.4 is 9.47 Å². The van der Waals surface area contributed by atoms with Gasteiger partial charge in [-0.15, -0.1) is 24.8 Å². The summed E-state index contributed by atoms with van der Waals surface area (Å²) in [5.74, 6) is 0.650. The van der Waals surface area contributed by atoms with Gasteiger partial charge in [0.15, 0.2) is 16.7 Å². The number of hydrogen-bond donors (Lipinski definition) is 0. The molecular formula is C26H29Cl4N3O4S. The molecule has 0 saturated heterocycles. The average molecular weight is 621 g/mol. The SMILES string of the molecule is COc1cccc(C2C(C(=O)OCCN(C)C)=C(C)N=C3SC(c4c(Cl)cccc4Cl)=CN32)c1OC.Cl.Cl. The van der Waals surface area contributed by atoms with Crippen molar-refractivity contribution in [1.29, 1.82) is 0 Å². The average Bonchev–Trinajstić information content (AvgIpc) is 3.24. The molecule has 0 saturated carbocycles. The van der Waals surface area contributed by atoms with E-state index in [9.17, 15) is 4.79 Å². The number of para-hydroxylation sites is 1. The second-order valence-corrected chi connectivity index (χ2v) is 10.2. The van der Waals surface area contributed by atoms with Crippen molar-refractivity contribution in [2.45, 2.75) is 13.0 Å². The summed E-state index contributed by atoms with van der Waals surface area (Å²) in [6.07, 6.45) is 1.92. The Hall–Kier alpha value is -2.07. The molecule has 0 radical (unpaired) electrons. The largest absolute Gasteiger partial charge is 0.493 e.